The van der Waals surface area contributed by atoms with Crippen molar-refractivity contribution in [2.75, 3.05) is 0 Å². The summed E-state index contributed by atoms with van der Waals surface area (Å²) in [5, 5.41) is 13.8. The largest absolute Gasteiger partial charge is 0.276 e. The van der Waals surface area contributed by atoms with Gasteiger partial charge >= 0.3 is 0 Å². The van der Waals surface area contributed by atoms with Gasteiger partial charge in [0.05, 0.1) is 27.1 Å². The molecule has 0 aliphatic carbocycles. The molecule has 1 aromatic heterocycles. The van der Waals surface area contributed by atoms with Crippen molar-refractivity contribution >= 4 is 39.5 Å². The highest BCUT2D eigenvalue weighted by atomic mass is 16.6. The van der Waals surface area contributed by atoms with Crippen molar-refractivity contribution in [2.24, 2.45) is 0 Å². The van der Waals surface area contributed by atoms with E-state index in [2.05, 4.69) is 0 Å². The summed E-state index contributed by atoms with van der Waals surface area (Å²) < 4.78 is 1.57. The van der Waals surface area contributed by atoms with Crippen LogP contribution in [0.5, 0.6) is 0 Å². The second kappa shape index (κ2) is 7.92. The zero-order chi connectivity index (χ0) is 22.1. The van der Waals surface area contributed by atoms with Crippen LogP contribution in [0.3, 0.4) is 0 Å². The molecule has 0 bridgehead atoms. The van der Waals surface area contributed by atoms with Crippen LogP contribution in [0.2, 0.25) is 0 Å². The first-order valence-electron chi connectivity index (χ1n) is 10.0. The summed E-state index contributed by atoms with van der Waals surface area (Å²) in [6.07, 6.45) is 3.27. The molecule has 0 spiro atoms. The average Bonchev–Trinajstić information content (AvgIpc) is 2.83. The summed E-state index contributed by atoms with van der Waals surface area (Å²) in [5.74, 6) is 0.392. The van der Waals surface area contributed by atoms with Gasteiger partial charge in [-0.1, -0.05) is 60.7 Å². The second-order valence-corrected chi connectivity index (χ2v) is 7.28. The van der Waals surface area contributed by atoms with E-state index in [-0.39, 0.29) is 11.2 Å². The fraction of sp³-hybridized carbons (Fsp3) is 0. The van der Waals surface area contributed by atoms with Crippen molar-refractivity contribution in [2.45, 2.75) is 0 Å². The van der Waals surface area contributed by atoms with Gasteiger partial charge in [0.25, 0.3) is 11.2 Å². The van der Waals surface area contributed by atoms with Crippen LogP contribution in [-0.4, -0.2) is 14.5 Å². The molecule has 5 rings (SSSR count). The number of nitrogens with zero attached hydrogens (tertiary/aromatic N) is 3. The summed E-state index contributed by atoms with van der Waals surface area (Å²) in [7, 11) is 0. The summed E-state index contributed by atoms with van der Waals surface area (Å²) >= 11 is 0. The van der Waals surface area contributed by atoms with Gasteiger partial charge in [0.15, 0.2) is 0 Å². The standard InChI is InChI=1S/C26H17N3O3/c30-26-21-12-4-5-13-22(21)27-25(17-16-19-9-2-6-14-23(19)29(31)32)28(26)24-15-7-10-18-8-1-3-11-20(18)24/h1-17H/b17-16+. The molecule has 0 N–H and O–H groups in total. The molecule has 5 aromatic rings. The van der Waals surface area contributed by atoms with Gasteiger partial charge < -0.3 is 0 Å². The minimum Gasteiger partial charge on any atom is -0.268 e. The Kier molecular flexibility index (Phi) is 4.80. The lowest BCUT2D eigenvalue weighted by atomic mass is 10.1. The Morgan fingerprint density at radius 3 is 2.31 bits per heavy atom. The van der Waals surface area contributed by atoms with E-state index in [4.69, 9.17) is 4.98 Å². The summed E-state index contributed by atoms with van der Waals surface area (Å²) in [4.78, 5) is 29.2. The third-order valence-corrected chi connectivity index (χ3v) is 5.35. The maximum Gasteiger partial charge on any atom is 0.276 e. The third-order valence-electron chi connectivity index (χ3n) is 5.35. The van der Waals surface area contributed by atoms with E-state index in [1.165, 1.54) is 6.07 Å². The third kappa shape index (κ3) is 3.33. The minimum atomic E-state index is -0.425. The lowest BCUT2D eigenvalue weighted by molar-refractivity contribution is -0.385. The number of fused-ring (bicyclic) bond motifs is 2. The van der Waals surface area contributed by atoms with E-state index in [1.807, 2.05) is 54.6 Å². The Labute approximate surface area is 182 Å². The molecular weight excluding hydrogens is 402 g/mol. The molecule has 0 aliphatic rings. The lowest BCUT2D eigenvalue weighted by Gasteiger charge is -2.14. The zero-order valence-corrected chi connectivity index (χ0v) is 16.9. The molecule has 0 aliphatic heterocycles. The number of nitro groups is 1. The molecule has 1 heterocycles. The fourth-order valence-electron chi connectivity index (χ4n) is 3.86. The summed E-state index contributed by atoms with van der Waals surface area (Å²) in [6.45, 7) is 0. The molecule has 0 unspecified atom stereocenters. The maximum atomic E-state index is 13.6. The first-order valence-corrected chi connectivity index (χ1v) is 10.0. The van der Waals surface area contributed by atoms with Crippen LogP contribution >= 0.6 is 0 Å². The van der Waals surface area contributed by atoms with Gasteiger partial charge in [-0.25, -0.2) is 4.98 Å². The normalized spacial score (nSPS) is 11.4. The second-order valence-electron chi connectivity index (χ2n) is 7.28. The Morgan fingerprint density at radius 1 is 0.781 bits per heavy atom. The van der Waals surface area contributed by atoms with Gasteiger partial charge in [-0.2, -0.15) is 0 Å². The molecule has 0 saturated heterocycles. The Bertz CT molecular complexity index is 1580. The first-order chi connectivity index (χ1) is 15.6. The Hall–Kier alpha value is -4.58. The van der Waals surface area contributed by atoms with Crippen molar-refractivity contribution < 1.29 is 4.92 Å². The lowest BCUT2D eigenvalue weighted by Crippen LogP contribution is -2.22. The van der Waals surface area contributed by atoms with Gasteiger partial charge in [0, 0.05) is 11.5 Å². The topological polar surface area (TPSA) is 78.0 Å². The number of aromatic nitrogens is 2. The van der Waals surface area contributed by atoms with E-state index in [9.17, 15) is 14.9 Å². The number of hydrogen-bond donors (Lipinski definition) is 0. The van der Waals surface area contributed by atoms with E-state index in [0.29, 0.717) is 28.0 Å². The van der Waals surface area contributed by atoms with Crippen molar-refractivity contribution in [3.8, 4) is 5.69 Å². The molecule has 6 heteroatoms. The van der Waals surface area contributed by atoms with Gasteiger partial charge in [-0.05, 0) is 41.8 Å². The van der Waals surface area contributed by atoms with Crippen LogP contribution in [0.4, 0.5) is 5.69 Å². The molecule has 154 valence electrons. The summed E-state index contributed by atoms with van der Waals surface area (Å²) in [6, 6.07) is 27.2. The molecular formula is C26H17N3O3. The van der Waals surface area contributed by atoms with E-state index in [0.717, 1.165) is 10.8 Å². The van der Waals surface area contributed by atoms with Crippen molar-refractivity contribution in [1.82, 2.24) is 9.55 Å². The highest BCUT2D eigenvalue weighted by molar-refractivity contribution is 5.91. The molecule has 0 atom stereocenters. The van der Waals surface area contributed by atoms with E-state index in [1.54, 1.807) is 47.1 Å². The first kappa shape index (κ1) is 19.4. The maximum absolute atomic E-state index is 13.6. The molecule has 4 aromatic carbocycles. The molecule has 6 nitrogen and oxygen atoms in total. The summed E-state index contributed by atoms with van der Waals surface area (Å²) in [5.41, 5.74) is 1.49. The van der Waals surface area contributed by atoms with Gasteiger partial charge in [0.2, 0.25) is 0 Å². The predicted molar refractivity (Wildman–Crippen MR) is 127 cm³/mol. The van der Waals surface area contributed by atoms with Crippen molar-refractivity contribution in [1.29, 1.82) is 0 Å². The average molecular weight is 419 g/mol. The highest BCUT2D eigenvalue weighted by Gasteiger charge is 2.14. The number of para-hydroxylation sites is 2. The Balaban J connectivity index is 1.80. The monoisotopic (exact) mass is 419 g/mol. The molecule has 0 amide bonds. The zero-order valence-electron chi connectivity index (χ0n) is 16.9. The molecule has 0 radical (unpaired) electrons. The van der Waals surface area contributed by atoms with E-state index < -0.39 is 4.92 Å². The SMILES string of the molecule is O=c1c2ccccc2nc(/C=C/c2ccccc2[N+](=O)[O-])n1-c1cccc2ccccc12. The van der Waals surface area contributed by atoms with Gasteiger partial charge in [0.1, 0.15) is 5.82 Å². The van der Waals surface area contributed by atoms with Crippen LogP contribution in [0.25, 0.3) is 39.5 Å². The van der Waals surface area contributed by atoms with Crippen molar-refractivity contribution in [3.63, 3.8) is 0 Å². The van der Waals surface area contributed by atoms with Crippen LogP contribution in [0, 0.1) is 10.1 Å². The van der Waals surface area contributed by atoms with Gasteiger partial charge in [-0.15, -0.1) is 0 Å². The highest BCUT2D eigenvalue weighted by Crippen LogP contribution is 2.25. The predicted octanol–water partition coefficient (Wildman–Crippen LogP) is 5.62. The number of hydrogen-bond acceptors (Lipinski definition) is 4. The fourth-order valence-corrected chi connectivity index (χ4v) is 3.86. The Morgan fingerprint density at radius 2 is 1.47 bits per heavy atom. The van der Waals surface area contributed by atoms with Crippen LogP contribution in [0.1, 0.15) is 11.4 Å². The van der Waals surface area contributed by atoms with Crippen molar-refractivity contribution in [3.05, 3.63) is 123 Å². The molecule has 0 saturated carbocycles. The number of benzene rings is 4. The number of rotatable bonds is 4. The molecule has 0 fully saturated rings. The quantitative estimate of drug-likeness (QED) is 0.280. The van der Waals surface area contributed by atoms with Gasteiger partial charge in [-0.3, -0.25) is 19.5 Å². The smallest absolute Gasteiger partial charge is 0.268 e. The molecule has 32 heavy (non-hydrogen) atoms. The van der Waals surface area contributed by atoms with Crippen LogP contribution in [-0.2, 0) is 0 Å². The van der Waals surface area contributed by atoms with Crippen LogP contribution < -0.4 is 5.56 Å². The van der Waals surface area contributed by atoms with Crippen LogP contribution in [0.15, 0.2) is 95.8 Å². The number of nitro benzene ring substituents is 1. The van der Waals surface area contributed by atoms with E-state index >= 15 is 0 Å². The minimum absolute atomic E-state index is 0.0106.